The molecular weight excluding hydrogens is 168 g/mol. The minimum absolute atomic E-state index is 0.530. The van der Waals surface area contributed by atoms with E-state index < -0.39 is 0 Å². The summed E-state index contributed by atoms with van der Waals surface area (Å²) in [5.41, 5.74) is 2.59. The van der Waals surface area contributed by atoms with Crippen LogP contribution >= 0.6 is 0 Å². The Morgan fingerprint density at radius 3 is 2.14 bits per heavy atom. The quantitative estimate of drug-likeness (QED) is 0.525. The predicted molar refractivity (Wildman–Crippen MR) is 64.4 cm³/mol. The molecule has 14 heavy (non-hydrogen) atoms. The molecule has 1 aliphatic rings. The maximum Gasteiger partial charge on any atom is -0.0118 e. The van der Waals surface area contributed by atoms with Crippen LogP contribution < -0.4 is 0 Å². The molecular formula is C14H26. The van der Waals surface area contributed by atoms with Crippen LogP contribution in [-0.4, -0.2) is 0 Å². The van der Waals surface area contributed by atoms with Gasteiger partial charge >= 0.3 is 0 Å². The van der Waals surface area contributed by atoms with Gasteiger partial charge in [-0.25, -0.2) is 0 Å². The Kier molecular flexibility index (Phi) is 3.44. The van der Waals surface area contributed by atoms with Crippen molar-refractivity contribution < 1.29 is 0 Å². The summed E-state index contributed by atoms with van der Waals surface area (Å²) >= 11 is 0. The first kappa shape index (κ1) is 11.8. The molecule has 0 saturated heterocycles. The number of rotatable bonds is 6. The smallest absolute Gasteiger partial charge is 0.0118 e. The molecule has 0 bridgehead atoms. The van der Waals surface area contributed by atoms with Gasteiger partial charge in [0.2, 0.25) is 0 Å². The van der Waals surface area contributed by atoms with Crippen molar-refractivity contribution >= 4 is 0 Å². The second-order valence-corrected chi connectivity index (χ2v) is 5.68. The van der Waals surface area contributed by atoms with Gasteiger partial charge in [-0.3, -0.25) is 0 Å². The van der Waals surface area contributed by atoms with Gasteiger partial charge in [0.15, 0.2) is 0 Å². The van der Waals surface area contributed by atoms with Crippen LogP contribution in [0, 0.1) is 10.8 Å². The first-order chi connectivity index (χ1) is 6.46. The molecule has 0 N–H and O–H groups in total. The second kappa shape index (κ2) is 4.08. The average Bonchev–Trinajstić information content (AvgIpc) is 2.93. The van der Waals surface area contributed by atoms with E-state index in [9.17, 15) is 0 Å². The second-order valence-electron chi connectivity index (χ2n) is 5.68. The standard InChI is InChI=1S/C14H26/c1-6-13(4,7-2)9-8-12(3)14(5)10-11-14/h3,6-11H2,1-2,4-5H3. The lowest BCUT2D eigenvalue weighted by Gasteiger charge is -2.28. The third-order valence-corrected chi connectivity index (χ3v) is 4.59. The van der Waals surface area contributed by atoms with Crippen LogP contribution in [0.15, 0.2) is 12.2 Å². The summed E-state index contributed by atoms with van der Waals surface area (Å²) in [7, 11) is 0. The Hall–Kier alpha value is -0.260. The number of hydrogen-bond acceptors (Lipinski definition) is 0. The van der Waals surface area contributed by atoms with Crippen molar-refractivity contribution in [3.63, 3.8) is 0 Å². The van der Waals surface area contributed by atoms with Gasteiger partial charge < -0.3 is 0 Å². The highest BCUT2D eigenvalue weighted by atomic mass is 14.4. The Labute approximate surface area is 89.8 Å². The summed E-state index contributed by atoms with van der Waals surface area (Å²) in [6.07, 6.45) is 7.92. The van der Waals surface area contributed by atoms with E-state index in [2.05, 4.69) is 34.3 Å². The van der Waals surface area contributed by atoms with Gasteiger partial charge in [0.1, 0.15) is 0 Å². The zero-order valence-corrected chi connectivity index (χ0v) is 10.4. The molecule has 0 aliphatic heterocycles. The van der Waals surface area contributed by atoms with E-state index in [0.717, 1.165) is 0 Å². The summed E-state index contributed by atoms with van der Waals surface area (Å²) < 4.78 is 0. The summed E-state index contributed by atoms with van der Waals surface area (Å²) in [6.45, 7) is 13.7. The molecule has 0 radical (unpaired) electrons. The molecule has 1 rings (SSSR count). The van der Waals surface area contributed by atoms with E-state index >= 15 is 0 Å². The van der Waals surface area contributed by atoms with Gasteiger partial charge in [0.25, 0.3) is 0 Å². The molecule has 0 spiro atoms. The fraction of sp³-hybridized carbons (Fsp3) is 0.857. The largest absolute Gasteiger partial charge is 0.0993 e. The molecule has 0 nitrogen and oxygen atoms in total. The van der Waals surface area contributed by atoms with Crippen LogP contribution in [0.2, 0.25) is 0 Å². The van der Waals surface area contributed by atoms with Crippen molar-refractivity contribution in [1.82, 2.24) is 0 Å². The van der Waals surface area contributed by atoms with Gasteiger partial charge in [0.05, 0.1) is 0 Å². The Balaban J connectivity index is 2.35. The SMILES string of the molecule is C=C(CCC(C)(CC)CC)C1(C)CC1. The highest BCUT2D eigenvalue weighted by Crippen LogP contribution is 2.52. The normalized spacial score (nSPS) is 19.4. The van der Waals surface area contributed by atoms with Gasteiger partial charge in [-0.15, -0.1) is 0 Å². The van der Waals surface area contributed by atoms with Gasteiger partial charge in [0, 0.05) is 0 Å². The minimum Gasteiger partial charge on any atom is -0.0993 e. The molecule has 0 aromatic heterocycles. The summed E-state index contributed by atoms with van der Waals surface area (Å²) in [4.78, 5) is 0. The molecule has 0 atom stereocenters. The highest BCUT2D eigenvalue weighted by molar-refractivity contribution is 5.16. The Bertz CT molecular complexity index is 204. The first-order valence-electron chi connectivity index (χ1n) is 6.14. The highest BCUT2D eigenvalue weighted by Gasteiger charge is 2.39. The molecule has 0 aromatic rings. The molecule has 0 amide bonds. The fourth-order valence-electron chi connectivity index (χ4n) is 1.90. The van der Waals surface area contributed by atoms with E-state index in [1.165, 1.54) is 44.1 Å². The topological polar surface area (TPSA) is 0 Å². The zero-order chi connectivity index (χ0) is 10.8. The molecule has 0 aromatic carbocycles. The monoisotopic (exact) mass is 194 g/mol. The maximum absolute atomic E-state index is 4.26. The fourth-order valence-corrected chi connectivity index (χ4v) is 1.90. The molecule has 0 heteroatoms. The van der Waals surface area contributed by atoms with Gasteiger partial charge in [-0.1, -0.05) is 52.7 Å². The number of hydrogen-bond donors (Lipinski definition) is 0. The summed E-state index contributed by atoms with van der Waals surface area (Å²) in [5, 5.41) is 0. The molecule has 1 saturated carbocycles. The molecule has 1 fully saturated rings. The van der Waals surface area contributed by atoms with Gasteiger partial charge in [-0.2, -0.15) is 0 Å². The van der Waals surface area contributed by atoms with Crippen LogP contribution in [0.25, 0.3) is 0 Å². The van der Waals surface area contributed by atoms with Crippen LogP contribution in [0.1, 0.15) is 66.2 Å². The third-order valence-electron chi connectivity index (χ3n) is 4.59. The van der Waals surface area contributed by atoms with Crippen LogP contribution in [0.3, 0.4) is 0 Å². The lowest BCUT2D eigenvalue weighted by Crippen LogP contribution is -2.14. The predicted octanol–water partition coefficient (Wildman–Crippen LogP) is 4.95. The molecule has 0 unspecified atom stereocenters. The summed E-state index contributed by atoms with van der Waals surface area (Å²) in [5.74, 6) is 0. The summed E-state index contributed by atoms with van der Waals surface area (Å²) in [6, 6.07) is 0. The maximum atomic E-state index is 4.26. The van der Waals surface area contributed by atoms with Crippen molar-refractivity contribution in [1.29, 1.82) is 0 Å². The first-order valence-corrected chi connectivity index (χ1v) is 6.14. The Morgan fingerprint density at radius 1 is 1.29 bits per heavy atom. The van der Waals surface area contributed by atoms with Crippen LogP contribution in [0.4, 0.5) is 0 Å². The van der Waals surface area contributed by atoms with Crippen molar-refractivity contribution in [2.24, 2.45) is 10.8 Å². The van der Waals surface area contributed by atoms with Crippen molar-refractivity contribution in [2.75, 3.05) is 0 Å². The van der Waals surface area contributed by atoms with Crippen LogP contribution in [-0.2, 0) is 0 Å². The van der Waals surface area contributed by atoms with Crippen molar-refractivity contribution in [3.8, 4) is 0 Å². The van der Waals surface area contributed by atoms with Crippen molar-refractivity contribution in [3.05, 3.63) is 12.2 Å². The van der Waals surface area contributed by atoms with Crippen LogP contribution in [0.5, 0.6) is 0 Å². The molecule has 82 valence electrons. The lowest BCUT2D eigenvalue weighted by molar-refractivity contribution is 0.270. The van der Waals surface area contributed by atoms with E-state index in [4.69, 9.17) is 0 Å². The molecule has 1 aliphatic carbocycles. The third kappa shape index (κ3) is 2.62. The Morgan fingerprint density at radius 2 is 1.79 bits per heavy atom. The van der Waals surface area contributed by atoms with E-state index in [-0.39, 0.29) is 0 Å². The van der Waals surface area contributed by atoms with Gasteiger partial charge in [-0.05, 0) is 36.5 Å². The minimum atomic E-state index is 0.530. The van der Waals surface area contributed by atoms with Crippen molar-refractivity contribution in [2.45, 2.75) is 66.2 Å². The number of allylic oxidation sites excluding steroid dienone is 1. The van der Waals surface area contributed by atoms with E-state index in [0.29, 0.717) is 10.8 Å². The molecule has 0 heterocycles. The van der Waals surface area contributed by atoms with E-state index in [1.807, 2.05) is 0 Å². The van der Waals surface area contributed by atoms with E-state index in [1.54, 1.807) is 0 Å². The zero-order valence-electron chi connectivity index (χ0n) is 10.4. The average molecular weight is 194 g/mol. The lowest BCUT2D eigenvalue weighted by atomic mass is 9.78.